The number of carbonyl (C=O) groups is 2. The summed E-state index contributed by atoms with van der Waals surface area (Å²) in [5.41, 5.74) is 1.13. The predicted molar refractivity (Wildman–Crippen MR) is 89.7 cm³/mol. The molecule has 23 heavy (non-hydrogen) atoms. The van der Waals surface area contributed by atoms with Crippen molar-refractivity contribution < 1.29 is 14.3 Å². The molecule has 6 heteroatoms. The molecule has 0 aliphatic rings. The van der Waals surface area contributed by atoms with Crippen molar-refractivity contribution in [3.8, 4) is 0 Å². The smallest absolute Gasteiger partial charge is 0.338 e. The summed E-state index contributed by atoms with van der Waals surface area (Å²) in [6.07, 6.45) is 0. The molecule has 0 radical (unpaired) electrons. The van der Waals surface area contributed by atoms with Crippen molar-refractivity contribution in [2.45, 2.75) is 13.0 Å². The lowest BCUT2D eigenvalue weighted by Crippen LogP contribution is -2.31. The molecular weight excluding hydrogens is 337 g/mol. The first kappa shape index (κ1) is 17.3. The van der Waals surface area contributed by atoms with E-state index >= 15 is 0 Å². The SMILES string of the molecule is C[C@@H](NC(=O)COC(=O)c1ccc(Cl)cc1)c1ccccc1Cl. The first-order valence-electron chi connectivity index (χ1n) is 6.94. The number of hydrogen-bond donors (Lipinski definition) is 1. The van der Waals surface area contributed by atoms with Crippen LogP contribution >= 0.6 is 23.2 Å². The second kappa shape index (κ2) is 7.99. The van der Waals surface area contributed by atoms with Crippen molar-refractivity contribution in [1.29, 1.82) is 0 Å². The van der Waals surface area contributed by atoms with E-state index in [1.165, 1.54) is 12.1 Å². The fourth-order valence-electron chi connectivity index (χ4n) is 1.99. The standard InChI is InChI=1S/C17H15Cl2NO3/c1-11(14-4-2-3-5-15(14)19)20-16(21)10-23-17(22)12-6-8-13(18)9-7-12/h2-9,11H,10H2,1H3,(H,20,21)/t11-/m1/s1. The summed E-state index contributed by atoms with van der Waals surface area (Å²) in [6.45, 7) is 1.44. The van der Waals surface area contributed by atoms with E-state index in [2.05, 4.69) is 5.32 Å². The number of nitrogens with one attached hydrogen (secondary N) is 1. The summed E-state index contributed by atoms with van der Waals surface area (Å²) < 4.78 is 4.97. The van der Waals surface area contributed by atoms with Gasteiger partial charge in [-0.1, -0.05) is 41.4 Å². The summed E-state index contributed by atoms with van der Waals surface area (Å²) in [5, 5.41) is 3.82. The molecule has 0 saturated carbocycles. The van der Waals surface area contributed by atoms with Gasteiger partial charge in [0.1, 0.15) is 0 Å². The number of carbonyl (C=O) groups excluding carboxylic acids is 2. The van der Waals surface area contributed by atoms with E-state index in [0.717, 1.165) is 5.56 Å². The Morgan fingerprint density at radius 2 is 1.74 bits per heavy atom. The highest BCUT2D eigenvalue weighted by Gasteiger charge is 2.14. The molecule has 4 nitrogen and oxygen atoms in total. The van der Waals surface area contributed by atoms with Crippen LogP contribution in [0.4, 0.5) is 0 Å². The normalized spacial score (nSPS) is 11.6. The molecule has 2 aromatic carbocycles. The minimum atomic E-state index is -0.581. The van der Waals surface area contributed by atoms with Gasteiger partial charge >= 0.3 is 5.97 Å². The molecule has 0 aliphatic heterocycles. The van der Waals surface area contributed by atoms with Crippen LogP contribution in [-0.4, -0.2) is 18.5 Å². The average Bonchev–Trinajstić information content (AvgIpc) is 2.53. The Kier molecular flexibility index (Phi) is 6.02. The van der Waals surface area contributed by atoms with E-state index in [0.29, 0.717) is 15.6 Å². The van der Waals surface area contributed by atoms with Gasteiger partial charge in [-0.15, -0.1) is 0 Å². The van der Waals surface area contributed by atoms with Gasteiger partial charge in [-0.25, -0.2) is 4.79 Å². The predicted octanol–water partition coefficient (Wildman–Crippen LogP) is 4.03. The van der Waals surface area contributed by atoms with E-state index in [4.69, 9.17) is 27.9 Å². The highest BCUT2D eigenvalue weighted by molar-refractivity contribution is 6.31. The molecule has 0 fully saturated rings. The van der Waals surface area contributed by atoms with Gasteiger partial charge in [0.25, 0.3) is 5.91 Å². The Morgan fingerprint density at radius 3 is 2.39 bits per heavy atom. The number of benzene rings is 2. The van der Waals surface area contributed by atoms with Gasteiger partial charge in [0.2, 0.25) is 0 Å². The maximum atomic E-state index is 11.9. The molecule has 1 N–H and O–H groups in total. The van der Waals surface area contributed by atoms with Crippen LogP contribution in [0.15, 0.2) is 48.5 Å². The maximum absolute atomic E-state index is 11.9. The minimum absolute atomic E-state index is 0.287. The second-order valence-electron chi connectivity index (χ2n) is 4.89. The van der Waals surface area contributed by atoms with E-state index in [9.17, 15) is 9.59 Å². The van der Waals surface area contributed by atoms with E-state index in [1.807, 2.05) is 18.2 Å². The van der Waals surface area contributed by atoms with Gasteiger partial charge < -0.3 is 10.1 Å². The van der Waals surface area contributed by atoms with Crippen LogP contribution in [-0.2, 0) is 9.53 Å². The number of hydrogen-bond acceptors (Lipinski definition) is 3. The molecule has 1 amide bonds. The maximum Gasteiger partial charge on any atom is 0.338 e. The third-order valence-corrected chi connectivity index (χ3v) is 3.76. The fraction of sp³-hybridized carbons (Fsp3) is 0.176. The number of esters is 1. The van der Waals surface area contributed by atoms with Crippen LogP contribution in [0.5, 0.6) is 0 Å². The molecule has 0 saturated heterocycles. The molecule has 2 aromatic rings. The van der Waals surface area contributed by atoms with Crippen molar-refractivity contribution >= 4 is 35.1 Å². The van der Waals surface area contributed by atoms with Gasteiger partial charge in [0.05, 0.1) is 11.6 Å². The van der Waals surface area contributed by atoms with Crippen LogP contribution in [0.2, 0.25) is 10.0 Å². The monoisotopic (exact) mass is 351 g/mol. The zero-order valence-electron chi connectivity index (χ0n) is 12.4. The first-order chi connectivity index (χ1) is 11.0. The molecule has 0 aliphatic carbocycles. The van der Waals surface area contributed by atoms with Crippen LogP contribution in [0.1, 0.15) is 28.9 Å². The lowest BCUT2D eigenvalue weighted by Gasteiger charge is -2.15. The number of amides is 1. The van der Waals surface area contributed by atoms with Crippen molar-refractivity contribution in [2.75, 3.05) is 6.61 Å². The molecule has 2 rings (SSSR count). The highest BCUT2D eigenvalue weighted by atomic mass is 35.5. The van der Waals surface area contributed by atoms with E-state index in [1.54, 1.807) is 25.1 Å². The molecular formula is C17H15Cl2NO3. The van der Waals surface area contributed by atoms with Crippen LogP contribution in [0, 0.1) is 0 Å². The Morgan fingerprint density at radius 1 is 1.09 bits per heavy atom. The summed E-state index contributed by atoms with van der Waals surface area (Å²) >= 11 is 11.8. The summed E-state index contributed by atoms with van der Waals surface area (Å²) in [6, 6.07) is 13.2. The van der Waals surface area contributed by atoms with Crippen LogP contribution in [0.25, 0.3) is 0 Å². The lowest BCUT2D eigenvalue weighted by atomic mass is 10.1. The van der Waals surface area contributed by atoms with Crippen molar-refractivity contribution in [3.63, 3.8) is 0 Å². The van der Waals surface area contributed by atoms with Crippen LogP contribution < -0.4 is 5.32 Å². The molecule has 120 valence electrons. The zero-order valence-corrected chi connectivity index (χ0v) is 13.9. The van der Waals surface area contributed by atoms with Gasteiger partial charge in [-0.05, 0) is 42.8 Å². The molecule has 0 unspecified atom stereocenters. The minimum Gasteiger partial charge on any atom is -0.452 e. The number of ether oxygens (including phenoxy) is 1. The Bertz CT molecular complexity index is 701. The number of halogens is 2. The summed E-state index contributed by atoms with van der Waals surface area (Å²) in [4.78, 5) is 23.7. The fourth-order valence-corrected chi connectivity index (χ4v) is 2.41. The highest BCUT2D eigenvalue weighted by Crippen LogP contribution is 2.21. The largest absolute Gasteiger partial charge is 0.452 e. The third-order valence-electron chi connectivity index (χ3n) is 3.16. The van der Waals surface area contributed by atoms with Gasteiger partial charge in [0, 0.05) is 10.0 Å². The lowest BCUT2D eigenvalue weighted by molar-refractivity contribution is -0.124. The molecule has 0 aromatic heterocycles. The van der Waals surface area contributed by atoms with E-state index < -0.39 is 11.9 Å². The van der Waals surface area contributed by atoms with Gasteiger partial charge in [-0.2, -0.15) is 0 Å². The van der Waals surface area contributed by atoms with Gasteiger partial charge in [0.15, 0.2) is 6.61 Å². The van der Waals surface area contributed by atoms with E-state index in [-0.39, 0.29) is 12.6 Å². The first-order valence-corrected chi connectivity index (χ1v) is 7.69. The van der Waals surface area contributed by atoms with Gasteiger partial charge in [-0.3, -0.25) is 4.79 Å². The third kappa shape index (κ3) is 4.98. The summed E-state index contributed by atoms with van der Waals surface area (Å²) in [5.74, 6) is -0.984. The Balaban J connectivity index is 1.86. The second-order valence-corrected chi connectivity index (χ2v) is 5.74. The Hall–Kier alpha value is -2.04. The Labute approximate surface area is 144 Å². The quantitative estimate of drug-likeness (QED) is 0.827. The van der Waals surface area contributed by atoms with Crippen molar-refractivity contribution in [1.82, 2.24) is 5.32 Å². The molecule has 0 bridgehead atoms. The topological polar surface area (TPSA) is 55.4 Å². The summed E-state index contributed by atoms with van der Waals surface area (Å²) in [7, 11) is 0. The molecule has 0 heterocycles. The average molecular weight is 352 g/mol. The zero-order chi connectivity index (χ0) is 16.8. The van der Waals surface area contributed by atoms with Crippen molar-refractivity contribution in [2.24, 2.45) is 0 Å². The number of rotatable bonds is 5. The van der Waals surface area contributed by atoms with Crippen LogP contribution in [0.3, 0.4) is 0 Å². The van der Waals surface area contributed by atoms with Crippen molar-refractivity contribution in [3.05, 3.63) is 69.7 Å². The molecule has 1 atom stereocenters. The molecule has 0 spiro atoms.